The molecule has 13 heteroatoms. The van der Waals surface area contributed by atoms with Gasteiger partial charge in [0, 0.05) is 45.3 Å². The monoisotopic (exact) mass is 646 g/mol. The van der Waals surface area contributed by atoms with E-state index in [1.165, 1.54) is 14.2 Å². The molecule has 3 aliphatic heterocycles. The maximum atomic E-state index is 13.3. The summed E-state index contributed by atoms with van der Waals surface area (Å²) in [6.07, 6.45) is 3.98. The summed E-state index contributed by atoms with van der Waals surface area (Å²) in [6, 6.07) is 6.87. The second kappa shape index (κ2) is 15.1. The molecule has 0 saturated carbocycles. The first-order valence-electron chi connectivity index (χ1n) is 14.4. The number of hydrogen-bond acceptors (Lipinski definition) is 10. The van der Waals surface area contributed by atoms with E-state index in [1.54, 1.807) is 29.2 Å². The van der Waals surface area contributed by atoms with Crippen LogP contribution in [0.5, 0.6) is 0 Å². The van der Waals surface area contributed by atoms with Gasteiger partial charge in [-0.1, -0.05) is 47.9 Å². The number of methoxy groups -OCH3 is 2. The van der Waals surface area contributed by atoms with Crippen molar-refractivity contribution in [3.8, 4) is 0 Å². The van der Waals surface area contributed by atoms with E-state index in [4.69, 9.17) is 21.7 Å². The van der Waals surface area contributed by atoms with Crippen LogP contribution in [-0.2, 0) is 19.1 Å². The number of benzene rings is 1. The van der Waals surface area contributed by atoms with E-state index in [1.807, 2.05) is 13.8 Å². The van der Waals surface area contributed by atoms with Crippen molar-refractivity contribution in [1.29, 1.82) is 0 Å². The third kappa shape index (κ3) is 7.55. The van der Waals surface area contributed by atoms with Crippen molar-refractivity contribution < 1.29 is 28.7 Å². The fourth-order valence-electron chi connectivity index (χ4n) is 5.22. The molecule has 0 aliphatic carbocycles. The molecular formula is C30H38N4O6S3. The molecule has 3 heterocycles. The molecule has 0 unspecified atom stereocenters. The predicted octanol–water partition coefficient (Wildman–Crippen LogP) is 3.99. The van der Waals surface area contributed by atoms with Gasteiger partial charge in [-0.3, -0.25) is 9.59 Å². The Bertz CT molecular complexity index is 1300. The van der Waals surface area contributed by atoms with Crippen molar-refractivity contribution in [3.05, 3.63) is 55.1 Å². The number of amides is 2. The zero-order chi connectivity index (χ0) is 31.1. The van der Waals surface area contributed by atoms with E-state index < -0.39 is 11.9 Å². The fourth-order valence-corrected chi connectivity index (χ4v) is 8.34. The Kier molecular flexibility index (Phi) is 11.6. The van der Waals surface area contributed by atoms with Crippen LogP contribution in [0.25, 0.3) is 0 Å². The minimum Gasteiger partial charge on any atom is -0.465 e. The predicted molar refractivity (Wildman–Crippen MR) is 172 cm³/mol. The maximum Gasteiger partial charge on any atom is 0.346 e. The Labute approximate surface area is 266 Å². The van der Waals surface area contributed by atoms with Crippen LogP contribution in [0.15, 0.2) is 44.0 Å². The molecule has 4 rings (SSSR count). The van der Waals surface area contributed by atoms with Gasteiger partial charge in [0.15, 0.2) is 0 Å². The molecule has 0 aromatic heterocycles. The number of thiocarbonyl (C=S) groups is 1. The number of carbonyl (C=O) groups excluding carboxylic acids is 4. The first-order valence-corrected chi connectivity index (χ1v) is 16.4. The molecule has 232 valence electrons. The van der Waals surface area contributed by atoms with Crippen molar-refractivity contribution >= 4 is 64.5 Å². The van der Waals surface area contributed by atoms with E-state index >= 15 is 0 Å². The van der Waals surface area contributed by atoms with E-state index in [-0.39, 0.29) is 34.2 Å². The largest absolute Gasteiger partial charge is 0.465 e. The van der Waals surface area contributed by atoms with Gasteiger partial charge in [-0.2, -0.15) is 0 Å². The minimum absolute atomic E-state index is 0.0334. The molecule has 0 atom stereocenters. The highest BCUT2D eigenvalue weighted by molar-refractivity contribution is 8.29. The lowest BCUT2D eigenvalue weighted by Gasteiger charge is -2.35. The number of esters is 2. The highest BCUT2D eigenvalue weighted by Crippen LogP contribution is 2.52. The van der Waals surface area contributed by atoms with Crippen LogP contribution >= 0.6 is 35.7 Å². The highest BCUT2D eigenvalue weighted by Gasteiger charge is 2.37. The summed E-state index contributed by atoms with van der Waals surface area (Å²) in [5.41, 5.74) is 1.47. The van der Waals surface area contributed by atoms with Crippen molar-refractivity contribution in [3.63, 3.8) is 0 Å². The average Bonchev–Trinajstić information content (AvgIpc) is 3.81. The quantitative estimate of drug-likeness (QED) is 0.227. The van der Waals surface area contributed by atoms with Crippen LogP contribution in [0.1, 0.15) is 60.2 Å². The summed E-state index contributed by atoms with van der Waals surface area (Å²) < 4.78 is 10.6. The molecule has 3 aliphatic rings. The lowest BCUT2D eigenvalue weighted by molar-refractivity contribution is -0.138. The zero-order valence-corrected chi connectivity index (χ0v) is 27.4. The SMILES string of the molecule is COC(=O)C1=C(C(=O)OC)SC(=C(C(=S)N2CCCC2)N(CCNC(=O)c2ccccc2C(=O)N2CCCC2)C(C)C)S1. The van der Waals surface area contributed by atoms with Crippen molar-refractivity contribution in [2.45, 2.75) is 45.6 Å². The average molecular weight is 647 g/mol. The molecule has 2 saturated heterocycles. The molecule has 0 bridgehead atoms. The van der Waals surface area contributed by atoms with Gasteiger partial charge in [-0.05, 0) is 51.7 Å². The van der Waals surface area contributed by atoms with Gasteiger partial charge >= 0.3 is 11.9 Å². The number of nitrogens with one attached hydrogen (secondary N) is 1. The molecule has 10 nitrogen and oxygen atoms in total. The van der Waals surface area contributed by atoms with E-state index in [9.17, 15) is 19.2 Å². The summed E-state index contributed by atoms with van der Waals surface area (Å²) in [7, 11) is 2.54. The standard InChI is InChI=1S/C30H38N4O6S3/c1-19(2)34(18-13-31-25(35)20-11-5-6-12-21(20)26(36)32-14-7-8-15-32)22(27(41)33-16-9-10-17-33)30-42-23(28(37)39-3)24(43-30)29(38)40-4/h5-6,11-12,19H,7-10,13-18H2,1-4H3,(H,31,35). The number of likely N-dealkylation sites (tertiary alicyclic amines) is 2. The smallest absolute Gasteiger partial charge is 0.346 e. The highest BCUT2D eigenvalue weighted by atomic mass is 32.2. The van der Waals surface area contributed by atoms with Gasteiger partial charge in [0.1, 0.15) is 14.8 Å². The number of hydrogen-bond donors (Lipinski definition) is 1. The van der Waals surface area contributed by atoms with Gasteiger partial charge in [0.05, 0.1) is 35.3 Å². The summed E-state index contributed by atoms with van der Waals surface area (Å²) in [6.45, 7) is 7.77. The molecule has 0 radical (unpaired) electrons. The number of rotatable bonds is 10. The number of ether oxygens (including phenoxy) is 2. The third-order valence-electron chi connectivity index (χ3n) is 7.47. The molecular weight excluding hydrogens is 609 g/mol. The first kappa shape index (κ1) is 32.9. The van der Waals surface area contributed by atoms with Crippen LogP contribution in [0.2, 0.25) is 0 Å². The molecule has 0 spiro atoms. The van der Waals surface area contributed by atoms with Crippen LogP contribution in [0.3, 0.4) is 0 Å². The molecule has 2 amide bonds. The fraction of sp³-hybridized carbons (Fsp3) is 0.500. The topological polar surface area (TPSA) is 108 Å². The van der Waals surface area contributed by atoms with E-state index in [0.717, 1.165) is 68.0 Å². The summed E-state index contributed by atoms with van der Waals surface area (Å²) in [5.74, 6) is -1.69. The Morgan fingerprint density at radius 1 is 0.884 bits per heavy atom. The number of thioether (sulfide) groups is 2. The molecule has 1 aromatic rings. The van der Waals surface area contributed by atoms with Gasteiger partial charge in [-0.15, -0.1) is 0 Å². The van der Waals surface area contributed by atoms with Gasteiger partial charge in [-0.25, -0.2) is 9.59 Å². The number of carbonyl (C=O) groups is 4. The van der Waals surface area contributed by atoms with Crippen LogP contribution in [-0.4, -0.2) is 103 Å². The van der Waals surface area contributed by atoms with E-state index in [0.29, 0.717) is 40.0 Å². The Balaban J connectivity index is 1.58. The third-order valence-corrected chi connectivity index (χ3v) is 10.5. The van der Waals surface area contributed by atoms with Gasteiger partial charge < -0.3 is 29.5 Å². The van der Waals surface area contributed by atoms with Crippen molar-refractivity contribution in [2.75, 3.05) is 53.5 Å². The maximum absolute atomic E-state index is 13.3. The second-order valence-electron chi connectivity index (χ2n) is 10.6. The summed E-state index contributed by atoms with van der Waals surface area (Å²) in [4.78, 5) is 58.6. The van der Waals surface area contributed by atoms with Crippen molar-refractivity contribution in [1.82, 2.24) is 20.0 Å². The first-order chi connectivity index (χ1) is 20.7. The molecule has 2 fully saturated rings. The Morgan fingerprint density at radius 2 is 1.40 bits per heavy atom. The second-order valence-corrected chi connectivity index (χ2v) is 13.3. The lowest BCUT2D eigenvalue weighted by atomic mass is 10.1. The zero-order valence-electron chi connectivity index (χ0n) is 25.0. The van der Waals surface area contributed by atoms with Crippen molar-refractivity contribution in [2.24, 2.45) is 0 Å². The summed E-state index contributed by atoms with van der Waals surface area (Å²) in [5, 5.41) is 2.99. The Hall–Kier alpha value is -3.03. The van der Waals surface area contributed by atoms with Gasteiger partial charge in [0.25, 0.3) is 11.8 Å². The Morgan fingerprint density at radius 3 is 1.91 bits per heavy atom. The normalized spacial score (nSPS) is 16.5. The van der Waals surface area contributed by atoms with Gasteiger partial charge in [0.2, 0.25) is 0 Å². The lowest BCUT2D eigenvalue weighted by Crippen LogP contribution is -2.43. The minimum atomic E-state index is -0.621. The molecule has 1 aromatic carbocycles. The molecule has 43 heavy (non-hydrogen) atoms. The van der Waals surface area contributed by atoms with Crippen LogP contribution in [0, 0.1) is 0 Å². The van der Waals surface area contributed by atoms with Crippen LogP contribution < -0.4 is 5.32 Å². The van der Waals surface area contributed by atoms with E-state index in [2.05, 4.69) is 15.1 Å². The summed E-state index contributed by atoms with van der Waals surface area (Å²) >= 11 is 8.33. The van der Waals surface area contributed by atoms with Crippen LogP contribution in [0.4, 0.5) is 0 Å². The molecule has 1 N–H and O–H groups in total. The number of nitrogens with zero attached hydrogens (tertiary/aromatic N) is 3.